The van der Waals surface area contributed by atoms with E-state index in [9.17, 15) is 19.1 Å². The van der Waals surface area contributed by atoms with Gasteiger partial charge in [0.2, 0.25) is 0 Å². The monoisotopic (exact) mass is 457 g/mol. The van der Waals surface area contributed by atoms with Gasteiger partial charge in [0.1, 0.15) is 21.7 Å². The highest BCUT2D eigenvalue weighted by atomic mass is 32.2. The smallest absolute Gasteiger partial charge is 0.354 e. The van der Waals surface area contributed by atoms with Gasteiger partial charge >= 0.3 is 5.63 Å². The van der Waals surface area contributed by atoms with Gasteiger partial charge in [-0.25, -0.2) is 9.18 Å². The number of rotatable bonds is 4. The van der Waals surface area contributed by atoms with Crippen molar-refractivity contribution in [1.29, 1.82) is 0 Å². The SMILES string of the molecule is O=c1oc2cc(-c3ccccc3)n(-c3ccc(F)cc3)c(=O)c2c(O)c1Sc1ccccc1. The first-order valence-electron chi connectivity index (χ1n) is 10.0. The molecule has 7 heteroatoms. The molecule has 33 heavy (non-hydrogen) atoms. The van der Waals surface area contributed by atoms with Crippen molar-refractivity contribution >= 4 is 22.7 Å². The molecule has 162 valence electrons. The quantitative estimate of drug-likeness (QED) is 0.380. The van der Waals surface area contributed by atoms with E-state index >= 15 is 0 Å². The van der Waals surface area contributed by atoms with Crippen molar-refractivity contribution < 1.29 is 13.9 Å². The lowest BCUT2D eigenvalue weighted by molar-refractivity contribution is 0.446. The van der Waals surface area contributed by atoms with Gasteiger partial charge in [0.05, 0.1) is 5.69 Å². The highest BCUT2D eigenvalue weighted by Crippen LogP contribution is 2.36. The average Bonchev–Trinajstić information content (AvgIpc) is 2.83. The number of halogens is 1. The van der Waals surface area contributed by atoms with Crippen LogP contribution in [-0.4, -0.2) is 9.67 Å². The molecule has 0 aliphatic heterocycles. The Balaban J connectivity index is 1.82. The fraction of sp³-hybridized carbons (Fsp3) is 0. The minimum absolute atomic E-state index is 0.0304. The van der Waals surface area contributed by atoms with Crippen molar-refractivity contribution in [2.45, 2.75) is 9.79 Å². The number of nitrogens with zero attached hydrogens (tertiary/aromatic N) is 1. The molecule has 0 aliphatic carbocycles. The number of benzene rings is 3. The standard InChI is InChI=1S/C26H16FNO4S/c27-17-11-13-18(14-12-17)28-20(16-7-3-1-4-8-16)15-21-22(25(28)30)23(29)24(26(31)32-21)33-19-9-5-2-6-10-19/h1-15,29H. The average molecular weight is 457 g/mol. The van der Waals surface area contributed by atoms with Gasteiger partial charge in [0.15, 0.2) is 5.75 Å². The van der Waals surface area contributed by atoms with E-state index in [1.54, 1.807) is 36.4 Å². The summed E-state index contributed by atoms with van der Waals surface area (Å²) in [6.07, 6.45) is 0. The van der Waals surface area contributed by atoms with Crippen LogP contribution in [0.3, 0.4) is 0 Å². The molecular weight excluding hydrogens is 441 g/mol. The zero-order chi connectivity index (χ0) is 22.9. The zero-order valence-corrected chi connectivity index (χ0v) is 17.9. The molecule has 5 aromatic rings. The van der Waals surface area contributed by atoms with E-state index in [0.717, 1.165) is 11.8 Å². The first-order valence-corrected chi connectivity index (χ1v) is 10.8. The van der Waals surface area contributed by atoms with Crippen molar-refractivity contribution in [1.82, 2.24) is 4.57 Å². The molecule has 0 saturated carbocycles. The maximum Gasteiger partial charge on any atom is 0.354 e. The van der Waals surface area contributed by atoms with Gasteiger partial charge in [-0.05, 0) is 42.0 Å². The lowest BCUT2D eigenvalue weighted by atomic mass is 10.1. The Hall–Kier alpha value is -4.10. The van der Waals surface area contributed by atoms with E-state index in [4.69, 9.17) is 4.42 Å². The molecule has 0 unspecified atom stereocenters. The van der Waals surface area contributed by atoms with Gasteiger partial charge in [0.25, 0.3) is 5.56 Å². The second kappa shape index (κ2) is 8.44. The van der Waals surface area contributed by atoms with Crippen LogP contribution in [0.15, 0.2) is 115 Å². The Labute approximate surface area is 191 Å². The lowest BCUT2D eigenvalue weighted by Gasteiger charge is -2.15. The van der Waals surface area contributed by atoms with Crippen molar-refractivity contribution in [3.8, 4) is 22.7 Å². The number of hydrogen-bond donors (Lipinski definition) is 1. The van der Waals surface area contributed by atoms with E-state index in [-0.39, 0.29) is 15.9 Å². The van der Waals surface area contributed by atoms with Crippen LogP contribution in [-0.2, 0) is 0 Å². The highest BCUT2D eigenvalue weighted by Gasteiger charge is 2.22. The van der Waals surface area contributed by atoms with Crippen molar-refractivity contribution in [3.05, 3.63) is 118 Å². The molecule has 0 atom stereocenters. The van der Waals surface area contributed by atoms with E-state index in [1.165, 1.54) is 34.9 Å². The molecule has 1 N–H and O–H groups in total. The highest BCUT2D eigenvalue weighted by molar-refractivity contribution is 7.99. The zero-order valence-electron chi connectivity index (χ0n) is 17.1. The third-order valence-corrected chi connectivity index (χ3v) is 6.20. The minimum Gasteiger partial charge on any atom is -0.505 e. The van der Waals surface area contributed by atoms with Gasteiger partial charge in [-0.3, -0.25) is 9.36 Å². The summed E-state index contributed by atoms with van der Waals surface area (Å²) in [5, 5.41) is 10.9. The van der Waals surface area contributed by atoms with Gasteiger partial charge in [-0.2, -0.15) is 0 Å². The Kier molecular flexibility index (Phi) is 5.32. The van der Waals surface area contributed by atoms with E-state index in [1.807, 2.05) is 24.3 Å². The molecule has 5 rings (SSSR count). The molecule has 0 radical (unpaired) electrons. The first-order chi connectivity index (χ1) is 16.0. The predicted octanol–water partition coefficient (Wildman–Crippen LogP) is 5.61. The number of fused-ring (bicyclic) bond motifs is 1. The summed E-state index contributed by atoms with van der Waals surface area (Å²) in [6, 6.07) is 25.1. The van der Waals surface area contributed by atoms with Crippen LogP contribution in [0.2, 0.25) is 0 Å². The fourth-order valence-corrected chi connectivity index (χ4v) is 4.46. The van der Waals surface area contributed by atoms with Gasteiger partial charge in [-0.1, -0.05) is 60.3 Å². The summed E-state index contributed by atoms with van der Waals surface area (Å²) in [5.41, 5.74) is 0.166. The Bertz CT molecular complexity index is 1580. The molecule has 0 aliphatic rings. The summed E-state index contributed by atoms with van der Waals surface area (Å²) in [6.45, 7) is 0. The largest absolute Gasteiger partial charge is 0.505 e. The second-order valence-corrected chi connectivity index (χ2v) is 8.32. The predicted molar refractivity (Wildman–Crippen MR) is 126 cm³/mol. The first kappa shape index (κ1) is 20.8. The molecule has 3 aromatic carbocycles. The molecule has 0 amide bonds. The van der Waals surface area contributed by atoms with Crippen LogP contribution in [0.25, 0.3) is 27.9 Å². The third kappa shape index (κ3) is 3.83. The molecule has 2 aromatic heterocycles. The number of pyridine rings is 1. The van der Waals surface area contributed by atoms with Gasteiger partial charge in [-0.15, -0.1) is 0 Å². The van der Waals surface area contributed by atoms with E-state index < -0.39 is 22.8 Å². The summed E-state index contributed by atoms with van der Waals surface area (Å²) in [7, 11) is 0. The molecule has 0 bridgehead atoms. The molecule has 0 spiro atoms. The Morgan fingerprint density at radius 3 is 2.15 bits per heavy atom. The maximum absolute atomic E-state index is 13.7. The number of aromatic hydroxyl groups is 1. The van der Waals surface area contributed by atoms with Crippen LogP contribution < -0.4 is 11.2 Å². The molecular formula is C26H16FNO4S. The van der Waals surface area contributed by atoms with Crippen molar-refractivity contribution in [3.63, 3.8) is 0 Å². The number of hydrogen-bond acceptors (Lipinski definition) is 5. The van der Waals surface area contributed by atoms with Crippen LogP contribution in [0.4, 0.5) is 4.39 Å². The van der Waals surface area contributed by atoms with Gasteiger partial charge < -0.3 is 9.52 Å². The Morgan fingerprint density at radius 1 is 0.848 bits per heavy atom. The Morgan fingerprint density at radius 2 is 1.48 bits per heavy atom. The van der Waals surface area contributed by atoms with Crippen molar-refractivity contribution in [2.75, 3.05) is 0 Å². The van der Waals surface area contributed by atoms with Crippen LogP contribution in [0, 0.1) is 5.82 Å². The summed E-state index contributed by atoms with van der Waals surface area (Å²) in [5.74, 6) is -0.889. The molecule has 0 fully saturated rings. The topological polar surface area (TPSA) is 72.4 Å². The van der Waals surface area contributed by atoms with Gasteiger partial charge in [0, 0.05) is 16.6 Å². The second-order valence-electron chi connectivity index (χ2n) is 7.23. The van der Waals surface area contributed by atoms with Crippen LogP contribution in [0.5, 0.6) is 5.75 Å². The van der Waals surface area contributed by atoms with Crippen LogP contribution in [0.1, 0.15) is 0 Å². The summed E-state index contributed by atoms with van der Waals surface area (Å²) >= 11 is 1.01. The molecule has 2 heterocycles. The molecule has 0 saturated heterocycles. The van der Waals surface area contributed by atoms with E-state index in [0.29, 0.717) is 21.8 Å². The third-order valence-electron chi connectivity index (χ3n) is 5.13. The lowest BCUT2D eigenvalue weighted by Crippen LogP contribution is -2.21. The van der Waals surface area contributed by atoms with Crippen molar-refractivity contribution in [2.24, 2.45) is 0 Å². The molecule has 5 nitrogen and oxygen atoms in total. The normalized spacial score (nSPS) is 11.1. The number of aromatic nitrogens is 1. The maximum atomic E-state index is 13.7. The van der Waals surface area contributed by atoms with E-state index in [2.05, 4.69) is 0 Å². The summed E-state index contributed by atoms with van der Waals surface area (Å²) in [4.78, 5) is 27.0. The summed E-state index contributed by atoms with van der Waals surface area (Å²) < 4.78 is 20.4. The fourth-order valence-electron chi connectivity index (χ4n) is 3.61. The van der Waals surface area contributed by atoms with Crippen LogP contribution >= 0.6 is 11.8 Å². The minimum atomic E-state index is -0.744.